The van der Waals surface area contributed by atoms with Crippen molar-refractivity contribution in [2.75, 3.05) is 50.8 Å². The molecule has 2 aliphatic rings. The van der Waals surface area contributed by atoms with Gasteiger partial charge < -0.3 is 23.7 Å². The van der Waals surface area contributed by atoms with E-state index in [1.165, 1.54) is 4.90 Å². The molecule has 5 rings (SSSR count). The number of benzene rings is 2. The van der Waals surface area contributed by atoms with Gasteiger partial charge in [-0.1, -0.05) is 18.5 Å². The predicted molar refractivity (Wildman–Crippen MR) is 141 cm³/mol. The summed E-state index contributed by atoms with van der Waals surface area (Å²) in [6, 6.07) is 15.0. The zero-order valence-corrected chi connectivity index (χ0v) is 21.8. The number of fused-ring (bicyclic) bond motifs is 1. The summed E-state index contributed by atoms with van der Waals surface area (Å²) >= 11 is 5.89. The number of hydrogen-bond acceptors (Lipinski definition) is 7. The van der Waals surface area contributed by atoms with Crippen molar-refractivity contribution in [3.63, 3.8) is 0 Å². The monoisotopic (exact) mass is 537 g/mol. The highest BCUT2D eigenvalue weighted by molar-refractivity contribution is 6.30. The standard InChI is InChI=1S/C28H28ClN3O6/c1-2-30-11-13-31(14-12-30)28(35)26-10-8-22(38-26)16-32-23-15-19(3-9-25(23)37-18-27(32)34)24(33)17-36-21-6-4-20(29)5-7-21/h3-10,15H,2,11-14,16-18H2,1H3. The molecule has 1 fully saturated rings. The summed E-state index contributed by atoms with van der Waals surface area (Å²) in [6.07, 6.45) is 0. The highest BCUT2D eigenvalue weighted by Crippen LogP contribution is 2.34. The molecule has 2 amide bonds. The van der Waals surface area contributed by atoms with Gasteiger partial charge in [0.1, 0.15) is 17.3 Å². The van der Waals surface area contributed by atoms with E-state index in [1.54, 1.807) is 59.5 Å². The Morgan fingerprint density at radius 1 is 1.00 bits per heavy atom. The number of ether oxygens (including phenoxy) is 2. The summed E-state index contributed by atoms with van der Waals surface area (Å²) < 4.78 is 17.0. The Hall–Kier alpha value is -3.82. The zero-order chi connectivity index (χ0) is 26.6. The van der Waals surface area contributed by atoms with Crippen LogP contribution in [-0.4, -0.2) is 73.3 Å². The topological polar surface area (TPSA) is 92.5 Å². The van der Waals surface area contributed by atoms with Crippen molar-refractivity contribution >= 4 is 34.9 Å². The van der Waals surface area contributed by atoms with Crippen LogP contribution < -0.4 is 14.4 Å². The van der Waals surface area contributed by atoms with Gasteiger partial charge in [-0.05, 0) is 61.1 Å². The number of nitrogens with zero attached hydrogens (tertiary/aromatic N) is 3. The molecular formula is C28H28ClN3O6. The summed E-state index contributed by atoms with van der Waals surface area (Å²) in [6.45, 7) is 5.83. The van der Waals surface area contributed by atoms with Crippen LogP contribution in [0, 0.1) is 0 Å². The van der Waals surface area contributed by atoms with Gasteiger partial charge in [-0.2, -0.15) is 0 Å². The lowest BCUT2D eigenvalue weighted by atomic mass is 10.1. The number of amides is 2. The van der Waals surface area contributed by atoms with Crippen LogP contribution in [0.2, 0.25) is 5.02 Å². The maximum absolute atomic E-state index is 12.9. The number of anilines is 1. The number of rotatable bonds is 8. The highest BCUT2D eigenvalue weighted by Gasteiger charge is 2.29. The van der Waals surface area contributed by atoms with Crippen LogP contribution in [0.25, 0.3) is 0 Å². The molecule has 198 valence electrons. The number of piperazine rings is 1. The predicted octanol–water partition coefficient (Wildman–Crippen LogP) is 3.90. The molecule has 0 saturated carbocycles. The lowest BCUT2D eigenvalue weighted by Gasteiger charge is -2.33. The molecule has 2 aliphatic heterocycles. The number of likely N-dealkylation sites (N-methyl/N-ethyl adjacent to an activating group) is 1. The summed E-state index contributed by atoms with van der Waals surface area (Å²) in [5.74, 6) is 1.02. The third-order valence-corrected chi connectivity index (χ3v) is 6.95. The average Bonchev–Trinajstić information content (AvgIpc) is 3.42. The lowest BCUT2D eigenvalue weighted by Crippen LogP contribution is -2.48. The van der Waals surface area contributed by atoms with E-state index in [0.29, 0.717) is 46.6 Å². The number of Topliss-reactive ketones (excluding diaryl/α,β-unsaturated/α-hetero) is 1. The van der Waals surface area contributed by atoms with Gasteiger partial charge in [0, 0.05) is 36.8 Å². The quantitative estimate of drug-likeness (QED) is 0.402. The van der Waals surface area contributed by atoms with Crippen LogP contribution in [0.1, 0.15) is 33.6 Å². The van der Waals surface area contributed by atoms with Crippen molar-refractivity contribution in [2.24, 2.45) is 0 Å². The smallest absolute Gasteiger partial charge is 0.289 e. The second kappa shape index (κ2) is 11.3. The van der Waals surface area contributed by atoms with Crippen LogP contribution in [-0.2, 0) is 11.3 Å². The fourth-order valence-electron chi connectivity index (χ4n) is 4.47. The Bertz CT molecular complexity index is 1330. The minimum atomic E-state index is -0.278. The van der Waals surface area contributed by atoms with E-state index in [4.69, 9.17) is 25.5 Å². The number of hydrogen-bond donors (Lipinski definition) is 0. The van der Waals surface area contributed by atoms with Gasteiger partial charge in [0.25, 0.3) is 11.8 Å². The fraction of sp³-hybridized carbons (Fsp3) is 0.321. The van der Waals surface area contributed by atoms with Crippen LogP contribution >= 0.6 is 11.6 Å². The molecule has 10 heteroatoms. The first-order valence-electron chi connectivity index (χ1n) is 12.5. The summed E-state index contributed by atoms with van der Waals surface area (Å²) in [5.41, 5.74) is 0.834. The average molecular weight is 538 g/mol. The minimum Gasteiger partial charge on any atom is -0.485 e. The van der Waals surface area contributed by atoms with Crippen molar-refractivity contribution in [3.05, 3.63) is 76.7 Å². The Labute approximate surface area is 225 Å². The number of carbonyl (C=O) groups is 3. The molecule has 0 radical (unpaired) electrons. The highest BCUT2D eigenvalue weighted by atomic mass is 35.5. The summed E-state index contributed by atoms with van der Waals surface area (Å²) in [4.78, 5) is 44.1. The van der Waals surface area contributed by atoms with E-state index in [1.807, 2.05) is 0 Å². The van der Waals surface area contributed by atoms with E-state index >= 15 is 0 Å². The molecule has 3 aromatic rings. The van der Waals surface area contributed by atoms with Gasteiger partial charge >= 0.3 is 0 Å². The first kappa shape index (κ1) is 25.8. The van der Waals surface area contributed by atoms with Crippen molar-refractivity contribution in [3.8, 4) is 11.5 Å². The van der Waals surface area contributed by atoms with Gasteiger partial charge in [0.05, 0.1) is 12.2 Å². The molecule has 2 aromatic carbocycles. The largest absolute Gasteiger partial charge is 0.485 e. The van der Waals surface area contributed by atoms with E-state index in [2.05, 4.69) is 11.8 Å². The summed E-state index contributed by atoms with van der Waals surface area (Å²) in [7, 11) is 0. The maximum Gasteiger partial charge on any atom is 0.289 e. The van der Waals surface area contributed by atoms with E-state index < -0.39 is 0 Å². The van der Waals surface area contributed by atoms with Crippen molar-refractivity contribution in [2.45, 2.75) is 13.5 Å². The van der Waals surface area contributed by atoms with Crippen molar-refractivity contribution < 1.29 is 28.3 Å². The molecule has 9 nitrogen and oxygen atoms in total. The molecule has 3 heterocycles. The molecule has 0 aliphatic carbocycles. The van der Waals surface area contributed by atoms with Gasteiger partial charge in [0.15, 0.2) is 24.8 Å². The second-order valence-corrected chi connectivity index (χ2v) is 9.55. The number of halogens is 1. The number of furan rings is 1. The molecule has 0 unspecified atom stereocenters. The number of ketones is 1. The molecule has 0 atom stereocenters. The lowest BCUT2D eigenvalue weighted by molar-refractivity contribution is -0.121. The third-order valence-electron chi connectivity index (χ3n) is 6.70. The van der Waals surface area contributed by atoms with E-state index in [-0.39, 0.29) is 43.1 Å². The molecule has 1 aromatic heterocycles. The van der Waals surface area contributed by atoms with Gasteiger partial charge in [-0.25, -0.2) is 0 Å². The molecule has 0 spiro atoms. The van der Waals surface area contributed by atoms with Gasteiger partial charge in [0.2, 0.25) is 0 Å². The Morgan fingerprint density at radius 2 is 1.76 bits per heavy atom. The molecule has 0 N–H and O–H groups in total. The minimum absolute atomic E-state index is 0.102. The first-order valence-corrected chi connectivity index (χ1v) is 12.9. The number of carbonyl (C=O) groups excluding carboxylic acids is 3. The maximum atomic E-state index is 12.9. The molecule has 1 saturated heterocycles. The van der Waals surface area contributed by atoms with Crippen molar-refractivity contribution in [1.29, 1.82) is 0 Å². The Balaban J connectivity index is 1.27. The van der Waals surface area contributed by atoms with Crippen LogP contribution in [0.15, 0.2) is 59.0 Å². The van der Waals surface area contributed by atoms with Gasteiger partial charge in [-0.15, -0.1) is 0 Å². The van der Waals surface area contributed by atoms with Crippen LogP contribution in [0.3, 0.4) is 0 Å². The second-order valence-electron chi connectivity index (χ2n) is 9.11. The fourth-order valence-corrected chi connectivity index (χ4v) is 4.59. The summed E-state index contributed by atoms with van der Waals surface area (Å²) in [5, 5.41) is 0.575. The molecular weight excluding hydrogens is 510 g/mol. The van der Waals surface area contributed by atoms with E-state index in [9.17, 15) is 14.4 Å². The van der Waals surface area contributed by atoms with Gasteiger partial charge in [-0.3, -0.25) is 19.3 Å². The van der Waals surface area contributed by atoms with Crippen molar-refractivity contribution in [1.82, 2.24) is 9.80 Å². The van der Waals surface area contributed by atoms with Crippen LogP contribution in [0.4, 0.5) is 5.69 Å². The Morgan fingerprint density at radius 3 is 2.50 bits per heavy atom. The molecule has 0 bridgehead atoms. The SMILES string of the molecule is CCN1CCN(C(=O)c2ccc(CN3C(=O)COc4ccc(C(=O)COc5ccc(Cl)cc5)cc43)o2)CC1. The Kier molecular flexibility index (Phi) is 7.67. The van der Waals surface area contributed by atoms with Crippen LogP contribution in [0.5, 0.6) is 11.5 Å². The zero-order valence-electron chi connectivity index (χ0n) is 21.0. The third kappa shape index (κ3) is 5.69. The first-order chi connectivity index (χ1) is 18.4. The van der Waals surface area contributed by atoms with E-state index in [0.717, 1.165) is 19.6 Å². The normalized spacial score (nSPS) is 15.7. The molecule has 38 heavy (non-hydrogen) atoms.